The number of thiophene rings is 1. The molecule has 22 heavy (non-hydrogen) atoms. The van der Waals surface area contributed by atoms with Gasteiger partial charge in [-0.25, -0.2) is 0 Å². The number of nitrogens with zero attached hydrogens (tertiary/aromatic N) is 1. The molecule has 1 N–H and O–H groups in total. The molecule has 3 fully saturated rings. The van der Waals surface area contributed by atoms with Crippen LogP contribution in [0.2, 0.25) is 0 Å². The molecule has 0 aromatic carbocycles. The van der Waals surface area contributed by atoms with Crippen molar-refractivity contribution in [2.24, 2.45) is 11.3 Å². The van der Waals surface area contributed by atoms with E-state index in [0.717, 1.165) is 57.2 Å². The van der Waals surface area contributed by atoms with E-state index >= 15 is 0 Å². The second-order valence-corrected chi connectivity index (χ2v) is 7.97. The van der Waals surface area contributed by atoms with Crippen LogP contribution < -0.4 is 5.32 Å². The molecule has 2 saturated carbocycles. The van der Waals surface area contributed by atoms with Crippen LogP contribution in [0.3, 0.4) is 0 Å². The highest BCUT2D eigenvalue weighted by molar-refractivity contribution is 7.08. The summed E-state index contributed by atoms with van der Waals surface area (Å²) in [5.74, 6) is 0.751. The third-order valence-electron chi connectivity index (χ3n) is 5.53. The molecule has 1 aromatic rings. The van der Waals surface area contributed by atoms with Crippen molar-refractivity contribution >= 4 is 23.2 Å². The van der Waals surface area contributed by atoms with Gasteiger partial charge < -0.3 is 10.2 Å². The van der Waals surface area contributed by atoms with Crippen LogP contribution in [0.15, 0.2) is 16.8 Å². The van der Waals surface area contributed by atoms with E-state index in [2.05, 4.69) is 5.32 Å². The molecular formula is C17H22N2O2S. The number of likely N-dealkylation sites (tertiary alicyclic amines) is 1. The summed E-state index contributed by atoms with van der Waals surface area (Å²) in [4.78, 5) is 26.1. The van der Waals surface area contributed by atoms with Crippen molar-refractivity contribution in [1.82, 2.24) is 10.2 Å². The lowest BCUT2D eigenvalue weighted by molar-refractivity contribution is -0.125. The Kier molecular flexibility index (Phi) is 3.48. The van der Waals surface area contributed by atoms with Crippen LogP contribution in [0.5, 0.6) is 0 Å². The molecule has 0 unspecified atom stereocenters. The second-order valence-electron chi connectivity index (χ2n) is 7.19. The fraction of sp³-hybridized carbons (Fsp3) is 0.647. The Bertz CT molecular complexity index is 563. The van der Waals surface area contributed by atoms with Crippen molar-refractivity contribution in [2.45, 2.75) is 44.6 Å². The molecule has 2 aliphatic carbocycles. The lowest BCUT2D eigenvalue weighted by Gasteiger charge is -2.52. The van der Waals surface area contributed by atoms with Crippen LogP contribution >= 0.6 is 11.3 Å². The minimum absolute atomic E-state index is 0.175. The van der Waals surface area contributed by atoms with Crippen molar-refractivity contribution in [3.63, 3.8) is 0 Å². The Morgan fingerprint density at radius 1 is 1.23 bits per heavy atom. The van der Waals surface area contributed by atoms with Crippen LogP contribution in [-0.2, 0) is 4.79 Å². The molecule has 4 nitrogen and oxygen atoms in total. The summed E-state index contributed by atoms with van der Waals surface area (Å²) in [6, 6.07) is 2.29. The van der Waals surface area contributed by atoms with E-state index in [1.54, 1.807) is 11.3 Å². The molecule has 1 aromatic heterocycles. The van der Waals surface area contributed by atoms with Crippen LogP contribution in [0, 0.1) is 11.3 Å². The first-order chi connectivity index (χ1) is 10.7. The summed E-state index contributed by atoms with van der Waals surface area (Å²) in [5, 5.41) is 7.07. The topological polar surface area (TPSA) is 49.4 Å². The van der Waals surface area contributed by atoms with Gasteiger partial charge in [-0.05, 0) is 55.4 Å². The fourth-order valence-electron chi connectivity index (χ4n) is 3.91. The lowest BCUT2D eigenvalue weighted by atomic mass is 9.60. The number of rotatable bonds is 3. The molecule has 3 aliphatic rings. The summed E-state index contributed by atoms with van der Waals surface area (Å²) < 4.78 is 0. The van der Waals surface area contributed by atoms with Gasteiger partial charge >= 0.3 is 0 Å². The maximum Gasteiger partial charge on any atom is 0.254 e. The van der Waals surface area contributed by atoms with Crippen LogP contribution in [0.25, 0.3) is 0 Å². The zero-order chi connectivity index (χ0) is 15.2. The quantitative estimate of drug-likeness (QED) is 0.931. The molecule has 118 valence electrons. The fourth-order valence-corrected chi connectivity index (χ4v) is 4.54. The van der Waals surface area contributed by atoms with E-state index in [1.807, 2.05) is 21.7 Å². The predicted molar refractivity (Wildman–Crippen MR) is 85.8 cm³/mol. The van der Waals surface area contributed by atoms with Gasteiger partial charge in [0.1, 0.15) is 0 Å². The van der Waals surface area contributed by atoms with E-state index in [-0.39, 0.29) is 11.8 Å². The van der Waals surface area contributed by atoms with Crippen LogP contribution in [0.4, 0.5) is 0 Å². The van der Waals surface area contributed by atoms with Gasteiger partial charge in [-0.2, -0.15) is 11.3 Å². The Labute approximate surface area is 134 Å². The molecule has 4 rings (SSSR count). The number of amides is 2. The van der Waals surface area contributed by atoms with E-state index in [0.29, 0.717) is 17.4 Å². The van der Waals surface area contributed by atoms with Crippen molar-refractivity contribution in [2.75, 3.05) is 13.1 Å². The van der Waals surface area contributed by atoms with E-state index in [9.17, 15) is 9.59 Å². The molecule has 1 aliphatic heterocycles. The van der Waals surface area contributed by atoms with Crippen LogP contribution in [0.1, 0.15) is 48.9 Å². The molecule has 2 amide bonds. The van der Waals surface area contributed by atoms with Gasteiger partial charge in [-0.15, -0.1) is 0 Å². The SMILES string of the molecule is O=C(NC1CC2(CCN(C(=O)c3ccsc3)CC2)C1)C1CC1. The number of hydrogen-bond donors (Lipinski definition) is 1. The first kappa shape index (κ1) is 14.2. The van der Waals surface area contributed by atoms with E-state index in [1.165, 1.54) is 0 Å². The third kappa shape index (κ3) is 2.67. The molecule has 1 saturated heterocycles. The number of nitrogens with one attached hydrogen (secondary N) is 1. The Hall–Kier alpha value is -1.36. The monoisotopic (exact) mass is 318 g/mol. The van der Waals surface area contributed by atoms with Crippen molar-refractivity contribution in [3.8, 4) is 0 Å². The highest BCUT2D eigenvalue weighted by Gasteiger charge is 2.47. The standard InChI is InChI=1S/C17H22N2O2S/c20-15(12-1-2-12)18-14-9-17(10-14)4-6-19(7-5-17)16(21)13-3-8-22-11-13/h3,8,11-12,14H,1-2,4-7,9-10H2,(H,18,20). The zero-order valence-electron chi connectivity index (χ0n) is 12.7. The Morgan fingerprint density at radius 2 is 1.95 bits per heavy atom. The first-order valence-electron chi connectivity index (χ1n) is 8.27. The number of carbonyl (C=O) groups excluding carboxylic acids is 2. The predicted octanol–water partition coefficient (Wildman–Crippen LogP) is 2.66. The lowest BCUT2D eigenvalue weighted by Crippen LogP contribution is -2.55. The highest BCUT2D eigenvalue weighted by Crippen LogP contribution is 2.49. The van der Waals surface area contributed by atoms with Crippen LogP contribution in [-0.4, -0.2) is 35.8 Å². The normalized spacial score (nSPS) is 24.1. The number of hydrogen-bond acceptors (Lipinski definition) is 3. The summed E-state index contributed by atoms with van der Waals surface area (Å²) in [6.07, 6.45) is 6.52. The van der Waals surface area contributed by atoms with Crippen molar-refractivity contribution in [1.29, 1.82) is 0 Å². The van der Waals surface area contributed by atoms with Gasteiger partial charge in [0.25, 0.3) is 5.91 Å². The minimum Gasteiger partial charge on any atom is -0.353 e. The average Bonchev–Trinajstić information content (AvgIpc) is 3.21. The maximum atomic E-state index is 12.3. The minimum atomic E-state index is 0.175. The van der Waals surface area contributed by atoms with Gasteiger partial charge in [-0.1, -0.05) is 0 Å². The molecule has 0 atom stereocenters. The number of piperidine rings is 1. The average molecular weight is 318 g/mol. The van der Waals surface area contributed by atoms with Gasteiger partial charge in [0, 0.05) is 30.4 Å². The van der Waals surface area contributed by atoms with Gasteiger partial charge in [0.2, 0.25) is 5.91 Å². The second kappa shape index (κ2) is 5.37. The van der Waals surface area contributed by atoms with Crippen molar-refractivity contribution in [3.05, 3.63) is 22.4 Å². The smallest absolute Gasteiger partial charge is 0.254 e. The Balaban J connectivity index is 1.26. The molecule has 1 spiro atoms. The van der Waals surface area contributed by atoms with E-state index in [4.69, 9.17) is 0 Å². The maximum absolute atomic E-state index is 12.3. The molecule has 2 heterocycles. The largest absolute Gasteiger partial charge is 0.353 e. The van der Waals surface area contributed by atoms with E-state index < -0.39 is 0 Å². The van der Waals surface area contributed by atoms with Gasteiger partial charge in [0.05, 0.1) is 5.56 Å². The first-order valence-corrected chi connectivity index (χ1v) is 9.21. The molecule has 0 radical (unpaired) electrons. The van der Waals surface area contributed by atoms with Gasteiger partial charge in [0.15, 0.2) is 0 Å². The zero-order valence-corrected chi connectivity index (χ0v) is 13.5. The van der Waals surface area contributed by atoms with Gasteiger partial charge in [-0.3, -0.25) is 9.59 Å². The molecule has 5 heteroatoms. The summed E-state index contributed by atoms with van der Waals surface area (Å²) in [7, 11) is 0. The molecule has 0 bridgehead atoms. The summed E-state index contributed by atoms with van der Waals surface area (Å²) >= 11 is 1.57. The molecular weight excluding hydrogens is 296 g/mol. The third-order valence-corrected chi connectivity index (χ3v) is 6.22. The highest BCUT2D eigenvalue weighted by atomic mass is 32.1. The van der Waals surface area contributed by atoms with Crippen molar-refractivity contribution < 1.29 is 9.59 Å². The Morgan fingerprint density at radius 3 is 2.55 bits per heavy atom. The summed E-state index contributed by atoms with van der Waals surface area (Å²) in [5.41, 5.74) is 1.21. The summed E-state index contributed by atoms with van der Waals surface area (Å²) in [6.45, 7) is 1.72. The number of carbonyl (C=O) groups is 2.